The van der Waals surface area contributed by atoms with Gasteiger partial charge in [-0.05, 0) is 18.2 Å². The van der Waals surface area contributed by atoms with Gasteiger partial charge >= 0.3 is 12.2 Å². The van der Waals surface area contributed by atoms with Gasteiger partial charge in [-0.1, -0.05) is 11.6 Å². The van der Waals surface area contributed by atoms with Crippen LogP contribution in [0.2, 0.25) is 5.02 Å². The number of urea groups is 1. The van der Waals surface area contributed by atoms with Gasteiger partial charge in [-0.3, -0.25) is 4.79 Å². The van der Waals surface area contributed by atoms with Crippen molar-refractivity contribution >= 4 is 29.2 Å². The van der Waals surface area contributed by atoms with Gasteiger partial charge in [0.25, 0.3) is 5.91 Å². The van der Waals surface area contributed by atoms with Gasteiger partial charge in [0.1, 0.15) is 6.04 Å². The van der Waals surface area contributed by atoms with Crippen LogP contribution in [0, 0.1) is 0 Å². The third-order valence-electron chi connectivity index (χ3n) is 3.58. The van der Waals surface area contributed by atoms with Crippen molar-refractivity contribution in [1.82, 2.24) is 4.90 Å². The summed E-state index contributed by atoms with van der Waals surface area (Å²) in [7, 11) is 0. The summed E-state index contributed by atoms with van der Waals surface area (Å²) in [5, 5.41) is -0.489. The predicted octanol–water partition coefficient (Wildman–Crippen LogP) is 2.53. The molecule has 1 atom stereocenters. The number of benzene rings is 1. The van der Waals surface area contributed by atoms with Crippen LogP contribution in [-0.2, 0) is 15.7 Å². The second-order valence-corrected chi connectivity index (χ2v) is 5.31. The summed E-state index contributed by atoms with van der Waals surface area (Å²) in [5.41, 5.74) is -1.24. The van der Waals surface area contributed by atoms with Crippen molar-refractivity contribution in [2.75, 3.05) is 24.7 Å². The van der Waals surface area contributed by atoms with Crippen LogP contribution < -0.4 is 4.90 Å². The van der Waals surface area contributed by atoms with Crippen molar-refractivity contribution in [3.05, 3.63) is 28.8 Å². The molecule has 3 amide bonds. The Morgan fingerprint density at radius 1 is 1.27 bits per heavy atom. The van der Waals surface area contributed by atoms with Gasteiger partial charge < -0.3 is 9.64 Å². The number of halogens is 4. The van der Waals surface area contributed by atoms with E-state index < -0.39 is 34.7 Å². The molecule has 0 radical (unpaired) electrons. The largest absolute Gasteiger partial charge is 0.417 e. The number of imide groups is 1. The Hall–Kier alpha value is -1.80. The molecule has 1 unspecified atom stereocenters. The second kappa shape index (κ2) is 5.13. The Balaban J connectivity index is 2.01. The van der Waals surface area contributed by atoms with Gasteiger partial charge in [0, 0.05) is 6.54 Å². The maximum absolute atomic E-state index is 12.9. The summed E-state index contributed by atoms with van der Waals surface area (Å²) in [4.78, 5) is 26.6. The van der Waals surface area contributed by atoms with E-state index in [1.807, 2.05) is 0 Å². The van der Waals surface area contributed by atoms with Crippen molar-refractivity contribution in [1.29, 1.82) is 0 Å². The topological polar surface area (TPSA) is 49.9 Å². The molecule has 118 valence electrons. The number of rotatable bonds is 1. The average molecular weight is 335 g/mol. The number of fused-ring (bicyclic) bond motifs is 1. The molecule has 2 fully saturated rings. The number of alkyl halides is 3. The van der Waals surface area contributed by atoms with E-state index >= 15 is 0 Å². The highest BCUT2D eigenvalue weighted by molar-refractivity contribution is 6.31. The van der Waals surface area contributed by atoms with E-state index in [0.29, 0.717) is 6.07 Å². The summed E-state index contributed by atoms with van der Waals surface area (Å²) in [6, 6.07) is 1.51. The SMILES string of the molecule is O=C1C2COCCN2C(=O)N1c1ccc(Cl)c(C(F)(F)F)c1. The lowest BCUT2D eigenvalue weighted by atomic mass is 10.1. The summed E-state index contributed by atoms with van der Waals surface area (Å²) in [6.45, 7) is 0.560. The number of hydrogen-bond donors (Lipinski definition) is 0. The van der Waals surface area contributed by atoms with E-state index in [0.717, 1.165) is 11.0 Å². The Bertz CT molecular complexity index is 626. The lowest BCUT2D eigenvalue weighted by molar-refractivity contribution is -0.137. The fraction of sp³-hybridized carbons (Fsp3) is 0.385. The highest BCUT2D eigenvalue weighted by atomic mass is 35.5. The van der Waals surface area contributed by atoms with Gasteiger partial charge in [0.2, 0.25) is 0 Å². The highest BCUT2D eigenvalue weighted by Crippen LogP contribution is 2.38. The first-order valence-electron chi connectivity index (χ1n) is 6.40. The van der Waals surface area contributed by atoms with Crippen LogP contribution in [0.5, 0.6) is 0 Å². The number of ether oxygens (including phenoxy) is 1. The monoisotopic (exact) mass is 334 g/mol. The van der Waals surface area contributed by atoms with Gasteiger partial charge in [0.15, 0.2) is 0 Å². The number of amides is 3. The van der Waals surface area contributed by atoms with Gasteiger partial charge in [-0.25, -0.2) is 9.69 Å². The standard InChI is InChI=1S/C13H10ClF3N2O3/c14-9-2-1-7(5-8(9)13(15,16)17)19-11(20)10-6-22-4-3-18(10)12(19)21/h1-2,5,10H,3-4,6H2. The Morgan fingerprint density at radius 2 is 2.00 bits per heavy atom. The van der Waals surface area contributed by atoms with Gasteiger partial charge in [-0.2, -0.15) is 13.2 Å². The van der Waals surface area contributed by atoms with Gasteiger partial charge in [0.05, 0.1) is 29.5 Å². The van der Waals surface area contributed by atoms with E-state index in [4.69, 9.17) is 16.3 Å². The number of morpholine rings is 1. The van der Waals surface area contributed by atoms with E-state index in [-0.39, 0.29) is 25.4 Å². The maximum atomic E-state index is 12.9. The molecule has 2 aliphatic rings. The van der Waals surface area contributed by atoms with Crippen molar-refractivity contribution in [3.8, 4) is 0 Å². The van der Waals surface area contributed by atoms with E-state index in [9.17, 15) is 22.8 Å². The average Bonchev–Trinajstić information content (AvgIpc) is 2.71. The molecule has 1 aromatic carbocycles. The molecule has 0 bridgehead atoms. The first kappa shape index (κ1) is 15.1. The fourth-order valence-corrected chi connectivity index (χ4v) is 2.74. The van der Waals surface area contributed by atoms with Crippen LogP contribution in [0.15, 0.2) is 18.2 Å². The van der Waals surface area contributed by atoms with Crippen molar-refractivity contribution < 1.29 is 27.5 Å². The molecule has 22 heavy (non-hydrogen) atoms. The Labute approximate surface area is 128 Å². The van der Waals surface area contributed by atoms with Crippen molar-refractivity contribution in [2.24, 2.45) is 0 Å². The van der Waals surface area contributed by atoms with Crippen LogP contribution in [0.3, 0.4) is 0 Å². The molecule has 2 saturated heterocycles. The van der Waals surface area contributed by atoms with Crippen LogP contribution in [0.4, 0.5) is 23.7 Å². The summed E-state index contributed by atoms with van der Waals surface area (Å²) < 4.78 is 43.8. The minimum Gasteiger partial charge on any atom is -0.377 e. The summed E-state index contributed by atoms with van der Waals surface area (Å²) in [5.74, 6) is -0.597. The fourth-order valence-electron chi connectivity index (χ4n) is 2.52. The summed E-state index contributed by atoms with van der Waals surface area (Å²) in [6.07, 6.45) is -4.67. The van der Waals surface area contributed by atoms with Crippen molar-refractivity contribution in [3.63, 3.8) is 0 Å². The zero-order chi connectivity index (χ0) is 16.1. The molecule has 0 saturated carbocycles. The molecule has 5 nitrogen and oxygen atoms in total. The Morgan fingerprint density at radius 3 is 2.64 bits per heavy atom. The number of carbonyl (C=O) groups is 2. The molecule has 9 heteroatoms. The lowest BCUT2D eigenvalue weighted by Gasteiger charge is -2.26. The number of anilines is 1. The molecule has 1 aromatic rings. The third kappa shape index (κ3) is 2.32. The Kier molecular flexibility index (Phi) is 3.53. The number of hydrogen-bond acceptors (Lipinski definition) is 3. The molecular formula is C13H10ClF3N2O3. The third-order valence-corrected chi connectivity index (χ3v) is 3.91. The normalized spacial score (nSPS) is 22.3. The van der Waals surface area contributed by atoms with E-state index in [1.54, 1.807) is 0 Å². The quantitative estimate of drug-likeness (QED) is 0.742. The van der Waals surface area contributed by atoms with Gasteiger partial charge in [-0.15, -0.1) is 0 Å². The maximum Gasteiger partial charge on any atom is 0.417 e. The minimum absolute atomic E-state index is 0.0425. The highest BCUT2D eigenvalue weighted by Gasteiger charge is 2.47. The van der Waals surface area contributed by atoms with Crippen molar-refractivity contribution in [2.45, 2.75) is 12.2 Å². The van der Waals surface area contributed by atoms with Crippen LogP contribution in [-0.4, -0.2) is 42.6 Å². The number of nitrogens with zero attached hydrogens (tertiary/aromatic N) is 2. The van der Waals surface area contributed by atoms with Crippen LogP contribution in [0.25, 0.3) is 0 Å². The zero-order valence-corrected chi connectivity index (χ0v) is 11.8. The first-order valence-corrected chi connectivity index (χ1v) is 6.77. The number of carbonyl (C=O) groups excluding carboxylic acids is 2. The second-order valence-electron chi connectivity index (χ2n) is 4.90. The zero-order valence-electron chi connectivity index (χ0n) is 11.1. The lowest BCUT2D eigenvalue weighted by Crippen LogP contribution is -2.45. The molecule has 0 aromatic heterocycles. The van der Waals surface area contributed by atoms with Crippen LogP contribution >= 0.6 is 11.6 Å². The molecule has 0 N–H and O–H groups in total. The van der Waals surface area contributed by atoms with E-state index in [1.165, 1.54) is 11.0 Å². The smallest absolute Gasteiger partial charge is 0.377 e. The molecule has 2 heterocycles. The van der Waals surface area contributed by atoms with E-state index in [2.05, 4.69) is 0 Å². The molecule has 3 rings (SSSR count). The molecule has 2 aliphatic heterocycles. The predicted molar refractivity (Wildman–Crippen MR) is 70.6 cm³/mol. The summed E-state index contributed by atoms with van der Waals surface area (Å²) >= 11 is 5.54. The molecule has 0 aliphatic carbocycles. The minimum atomic E-state index is -4.67. The molecule has 0 spiro atoms. The molecular weight excluding hydrogens is 325 g/mol. The first-order chi connectivity index (χ1) is 10.3. The van der Waals surface area contributed by atoms with Crippen LogP contribution in [0.1, 0.15) is 5.56 Å².